The summed E-state index contributed by atoms with van der Waals surface area (Å²) in [6.45, 7) is 0. The zero-order valence-corrected chi connectivity index (χ0v) is 18.6. The van der Waals surface area contributed by atoms with Crippen molar-refractivity contribution in [2.45, 2.75) is 0 Å². The Hall–Kier alpha value is -2.31. The zero-order chi connectivity index (χ0) is 21.1. The number of hydrogen-bond donors (Lipinski definition) is 0. The second-order valence-electron chi connectivity index (χ2n) is 6.51. The van der Waals surface area contributed by atoms with Gasteiger partial charge in [-0.15, -0.1) is 0 Å². The molecule has 0 aliphatic carbocycles. The van der Waals surface area contributed by atoms with Crippen LogP contribution in [0, 0.1) is 0 Å². The Kier molecular flexibility index (Phi) is 6.34. The van der Waals surface area contributed by atoms with Crippen molar-refractivity contribution in [2.24, 2.45) is 7.05 Å². The number of aryl methyl sites for hydroxylation is 1. The first-order valence-electron chi connectivity index (χ1n) is 8.79. The van der Waals surface area contributed by atoms with Gasteiger partial charge in [0.2, 0.25) is 0 Å². The highest BCUT2D eigenvalue weighted by Gasteiger charge is 2.32. The summed E-state index contributed by atoms with van der Waals surface area (Å²) in [7, 11) is -1.84. The van der Waals surface area contributed by atoms with Crippen LogP contribution in [0.25, 0.3) is 5.65 Å². The Bertz CT molecular complexity index is 1220. The standard InChI is InChI=1S/C20H18N2PS.CH4O3S/c1-21-16-20(22-15-9-8-14-19(21)22)23(24,17-10-4-2-5-11-17)18-12-6-3-7-13-18;1-5(2,3)4/h2-16H,1H3;1H3,(H,2,3,4)/q+1;/p-1. The summed E-state index contributed by atoms with van der Waals surface area (Å²) < 4.78 is 31.6. The highest BCUT2D eigenvalue weighted by atomic mass is 32.4. The van der Waals surface area contributed by atoms with Crippen molar-refractivity contribution in [1.82, 2.24) is 4.40 Å². The van der Waals surface area contributed by atoms with Crippen LogP contribution in [0.1, 0.15) is 0 Å². The number of imidazole rings is 1. The van der Waals surface area contributed by atoms with Gasteiger partial charge in [-0.05, 0) is 16.7 Å². The summed E-state index contributed by atoms with van der Waals surface area (Å²) in [5, 5.41) is 2.44. The van der Waals surface area contributed by atoms with Gasteiger partial charge in [-0.2, -0.15) is 4.40 Å². The molecule has 0 aliphatic heterocycles. The Morgan fingerprint density at radius 3 is 1.83 bits per heavy atom. The molecule has 0 spiro atoms. The summed E-state index contributed by atoms with van der Waals surface area (Å²) in [5.41, 5.74) is 2.33. The van der Waals surface area contributed by atoms with Gasteiger partial charge in [-0.1, -0.05) is 78.5 Å². The maximum absolute atomic E-state index is 9.08. The van der Waals surface area contributed by atoms with Crippen LogP contribution in [0.3, 0.4) is 0 Å². The van der Waals surface area contributed by atoms with E-state index < -0.39 is 16.2 Å². The van der Waals surface area contributed by atoms with Gasteiger partial charge in [0.25, 0.3) is 5.65 Å². The first-order chi connectivity index (χ1) is 13.7. The maximum atomic E-state index is 9.08. The molecule has 4 rings (SSSR count). The largest absolute Gasteiger partial charge is 0.748 e. The molecular weight excluding hydrogens is 423 g/mol. The molecule has 5 nitrogen and oxygen atoms in total. The molecule has 2 aromatic heterocycles. The third-order valence-corrected chi connectivity index (χ3v) is 9.17. The Labute approximate surface area is 176 Å². The van der Waals surface area contributed by atoms with Crippen molar-refractivity contribution < 1.29 is 17.5 Å². The molecule has 2 aromatic carbocycles. The summed E-state index contributed by atoms with van der Waals surface area (Å²) in [5.74, 6) is 0. The summed E-state index contributed by atoms with van der Waals surface area (Å²) in [4.78, 5) is 0. The lowest BCUT2D eigenvalue weighted by Crippen LogP contribution is -2.29. The number of aromatic nitrogens is 2. The van der Waals surface area contributed by atoms with Gasteiger partial charge in [-0.25, -0.2) is 13.0 Å². The minimum Gasteiger partial charge on any atom is -0.748 e. The van der Waals surface area contributed by atoms with Crippen LogP contribution in [-0.4, -0.2) is 23.6 Å². The van der Waals surface area contributed by atoms with E-state index in [0.29, 0.717) is 6.26 Å². The van der Waals surface area contributed by atoms with Gasteiger partial charge in [0, 0.05) is 12.3 Å². The molecule has 0 amide bonds. The molecule has 0 saturated heterocycles. The van der Waals surface area contributed by atoms with Crippen LogP contribution in [0.5, 0.6) is 0 Å². The molecular formula is C21H21N2O3PS2. The van der Waals surface area contributed by atoms with Gasteiger partial charge in [0.05, 0.1) is 29.4 Å². The molecule has 0 atom stereocenters. The molecule has 29 heavy (non-hydrogen) atoms. The second-order valence-corrected chi connectivity index (χ2v) is 12.3. The molecule has 0 bridgehead atoms. The average Bonchev–Trinajstić information content (AvgIpc) is 3.05. The van der Waals surface area contributed by atoms with Crippen molar-refractivity contribution in [1.29, 1.82) is 0 Å². The molecule has 2 heterocycles. The van der Waals surface area contributed by atoms with Crippen LogP contribution in [-0.2, 0) is 29.0 Å². The predicted octanol–water partition coefficient (Wildman–Crippen LogP) is 1.68. The van der Waals surface area contributed by atoms with E-state index in [9.17, 15) is 0 Å². The summed E-state index contributed by atoms with van der Waals surface area (Å²) in [6, 6.07) is 25.2. The van der Waals surface area contributed by atoms with Gasteiger partial charge in [0.15, 0.2) is 5.44 Å². The van der Waals surface area contributed by atoms with Crippen LogP contribution >= 0.6 is 6.04 Å². The first kappa shape index (κ1) is 21.4. The topological polar surface area (TPSA) is 65.5 Å². The first-order valence-corrected chi connectivity index (χ1v) is 13.4. The van der Waals surface area contributed by atoms with E-state index in [1.807, 2.05) is 12.1 Å². The molecule has 0 unspecified atom stereocenters. The Morgan fingerprint density at radius 1 is 0.897 bits per heavy atom. The fraction of sp³-hybridized carbons (Fsp3) is 0.0952. The Balaban J connectivity index is 0.000000431. The highest BCUT2D eigenvalue weighted by molar-refractivity contribution is 8.25. The maximum Gasteiger partial charge on any atom is 0.286 e. The van der Waals surface area contributed by atoms with Crippen LogP contribution < -0.4 is 20.6 Å². The lowest BCUT2D eigenvalue weighted by atomic mass is 10.4. The number of pyridine rings is 1. The molecule has 4 aromatic rings. The van der Waals surface area contributed by atoms with Crippen LogP contribution in [0.2, 0.25) is 0 Å². The van der Waals surface area contributed by atoms with Crippen molar-refractivity contribution in [2.75, 3.05) is 6.26 Å². The number of benzene rings is 2. The quantitative estimate of drug-likeness (QED) is 0.274. The number of rotatable bonds is 3. The molecule has 0 saturated carbocycles. The van der Waals surface area contributed by atoms with Gasteiger partial charge in [-0.3, -0.25) is 0 Å². The van der Waals surface area contributed by atoms with E-state index in [0.717, 1.165) is 5.65 Å². The van der Waals surface area contributed by atoms with Crippen molar-refractivity contribution >= 4 is 49.7 Å². The third-order valence-electron chi connectivity index (χ3n) is 4.32. The highest BCUT2D eigenvalue weighted by Crippen LogP contribution is 2.42. The molecule has 8 heteroatoms. The molecule has 150 valence electrons. The van der Waals surface area contributed by atoms with Crippen molar-refractivity contribution in [3.8, 4) is 0 Å². The average molecular weight is 445 g/mol. The van der Waals surface area contributed by atoms with Gasteiger partial charge in [0.1, 0.15) is 6.20 Å². The Morgan fingerprint density at radius 2 is 1.34 bits per heavy atom. The van der Waals surface area contributed by atoms with Gasteiger partial charge >= 0.3 is 0 Å². The lowest BCUT2D eigenvalue weighted by molar-refractivity contribution is -0.643. The van der Waals surface area contributed by atoms with E-state index in [1.165, 1.54) is 16.0 Å². The summed E-state index contributed by atoms with van der Waals surface area (Å²) in [6.07, 6.45) is 4.90. The lowest BCUT2D eigenvalue weighted by Gasteiger charge is -2.20. The van der Waals surface area contributed by atoms with Crippen LogP contribution in [0.15, 0.2) is 91.3 Å². The van der Waals surface area contributed by atoms with Crippen molar-refractivity contribution in [3.63, 3.8) is 0 Å². The number of fused-ring (bicyclic) bond motifs is 1. The fourth-order valence-electron chi connectivity index (χ4n) is 3.14. The minimum atomic E-state index is -3.92. The molecule has 0 N–H and O–H groups in total. The number of nitrogens with zero attached hydrogens (tertiary/aromatic N) is 2. The summed E-state index contributed by atoms with van der Waals surface area (Å²) >= 11 is 6.42. The fourth-order valence-corrected chi connectivity index (χ4v) is 7.09. The zero-order valence-electron chi connectivity index (χ0n) is 16.0. The van der Waals surface area contributed by atoms with E-state index in [-0.39, 0.29) is 0 Å². The van der Waals surface area contributed by atoms with E-state index >= 15 is 0 Å². The third kappa shape index (κ3) is 4.82. The van der Waals surface area contributed by atoms with Crippen LogP contribution in [0.4, 0.5) is 0 Å². The number of hydrogen-bond acceptors (Lipinski definition) is 4. The molecule has 0 aliphatic rings. The SMILES string of the molecule is CS(=O)(=O)[O-].C[n+]1cc(P(=S)(c2ccccc2)c2ccccc2)n2ccccc21. The monoisotopic (exact) mass is 444 g/mol. The normalized spacial score (nSPS) is 11.7. The smallest absolute Gasteiger partial charge is 0.286 e. The minimum absolute atomic E-state index is 0.604. The second kappa shape index (κ2) is 8.59. The molecule has 0 radical (unpaired) electrons. The molecule has 0 fully saturated rings. The van der Waals surface area contributed by atoms with Crippen molar-refractivity contribution in [3.05, 3.63) is 91.3 Å². The van der Waals surface area contributed by atoms with E-state index in [4.69, 9.17) is 24.8 Å². The van der Waals surface area contributed by atoms with E-state index in [2.05, 4.69) is 95.1 Å². The predicted molar refractivity (Wildman–Crippen MR) is 120 cm³/mol. The van der Waals surface area contributed by atoms with E-state index in [1.54, 1.807) is 0 Å². The van der Waals surface area contributed by atoms with Gasteiger partial charge < -0.3 is 4.55 Å².